The number of benzene rings is 2. The Labute approximate surface area is 395 Å². The molecular weight excluding hydrogens is 864 g/mol. The number of nitriles is 2. The molecule has 0 aliphatic heterocycles. The lowest BCUT2D eigenvalue weighted by Gasteiger charge is -2.25. The summed E-state index contributed by atoms with van der Waals surface area (Å²) in [5, 5.41) is 29.9. The van der Waals surface area contributed by atoms with Crippen molar-refractivity contribution in [2.24, 2.45) is 5.41 Å². The Kier molecular flexibility index (Phi) is 18.4. The minimum atomic E-state index is -0.978. The van der Waals surface area contributed by atoms with Crippen LogP contribution in [0.25, 0.3) is 22.7 Å². The summed E-state index contributed by atoms with van der Waals surface area (Å²) in [6.45, 7) is 33.4. The molecule has 2 heterocycles. The Bertz CT molecular complexity index is 2490. The molecule has 0 radical (unpaired) electrons. The zero-order valence-electron chi connectivity index (χ0n) is 40.6. The van der Waals surface area contributed by atoms with Gasteiger partial charge in [-0.05, 0) is 81.0 Å². The highest BCUT2D eigenvalue weighted by Crippen LogP contribution is 2.37. The summed E-state index contributed by atoms with van der Waals surface area (Å²) in [5.74, 6) is -0.580. The number of esters is 2. The Hall–Kier alpha value is -5.82. The van der Waals surface area contributed by atoms with Crippen molar-refractivity contribution in [3.8, 4) is 12.1 Å². The van der Waals surface area contributed by atoms with Crippen LogP contribution in [0.2, 0.25) is 10.0 Å². The van der Waals surface area contributed by atoms with E-state index in [0.717, 1.165) is 17.2 Å². The average molecular weight is 928 g/mol. The van der Waals surface area contributed by atoms with Crippen molar-refractivity contribution in [2.45, 2.75) is 147 Å². The maximum Gasteiger partial charge on any atom is 0.333 e. The van der Waals surface area contributed by atoms with Crippen molar-refractivity contribution in [1.29, 1.82) is 10.5 Å². The molecule has 0 saturated heterocycles. The smallest absolute Gasteiger partial charge is 0.333 e. The summed E-state index contributed by atoms with van der Waals surface area (Å²) >= 11 is 13.2. The monoisotopic (exact) mass is 926 g/mol. The molecule has 0 aliphatic rings. The van der Waals surface area contributed by atoms with E-state index in [1.165, 1.54) is 0 Å². The first-order valence-corrected chi connectivity index (χ1v) is 22.4. The van der Waals surface area contributed by atoms with Crippen LogP contribution in [0.4, 0.5) is 0 Å². The van der Waals surface area contributed by atoms with E-state index in [0.29, 0.717) is 63.5 Å². The molecule has 0 bridgehead atoms. The number of rotatable bonds is 15. The maximum atomic E-state index is 12.6. The van der Waals surface area contributed by atoms with Gasteiger partial charge in [-0.3, -0.25) is 14.2 Å². The number of aromatic nitrogens is 4. The third-order valence-corrected chi connectivity index (χ3v) is 11.5. The highest BCUT2D eigenvalue weighted by molar-refractivity contribution is 6.33. The van der Waals surface area contributed by atoms with Crippen LogP contribution < -0.4 is 0 Å². The Morgan fingerprint density at radius 3 is 1.32 bits per heavy atom. The number of hydrogen-bond donors (Lipinski definition) is 0. The van der Waals surface area contributed by atoms with Crippen molar-refractivity contribution in [3.63, 3.8) is 0 Å². The summed E-state index contributed by atoms with van der Waals surface area (Å²) in [6.07, 6.45) is -0.248. The third-order valence-electron chi connectivity index (χ3n) is 10.6. The lowest BCUT2D eigenvalue weighted by Crippen LogP contribution is -2.30. The van der Waals surface area contributed by atoms with E-state index in [2.05, 4.69) is 70.5 Å². The van der Waals surface area contributed by atoms with Gasteiger partial charge in [-0.1, -0.05) is 127 Å². The summed E-state index contributed by atoms with van der Waals surface area (Å²) in [5.41, 5.74) is 5.64. The van der Waals surface area contributed by atoms with Crippen LogP contribution in [0, 0.1) is 41.9 Å². The summed E-state index contributed by atoms with van der Waals surface area (Å²) in [6, 6.07) is 20.0. The fourth-order valence-corrected chi connectivity index (χ4v) is 6.73. The van der Waals surface area contributed by atoms with E-state index in [1.807, 2.05) is 83.1 Å². The normalized spacial score (nSPS) is 13.4. The van der Waals surface area contributed by atoms with Crippen LogP contribution >= 0.6 is 23.2 Å². The van der Waals surface area contributed by atoms with E-state index in [1.54, 1.807) is 37.1 Å². The number of nitrogens with zero attached hydrogens (tertiary/aromatic N) is 6. The Balaban J connectivity index is 0.000000347. The molecule has 2 aromatic heterocycles. The van der Waals surface area contributed by atoms with Crippen molar-refractivity contribution >= 4 is 57.8 Å². The van der Waals surface area contributed by atoms with Crippen molar-refractivity contribution in [3.05, 3.63) is 116 Å². The van der Waals surface area contributed by atoms with Crippen LogP contribution in [-0.4, -0.2) is 44.1 Å². The molecule has 0 fully saturated rings. The lowest BCUT2D eigenvalue weighted by molar-refractivity contribution is -0.175. The molecule has 2 aromatic carbocycles. The predicted octanol–water partition coefficient (Wildman–Crippen LogP) is 12.5. The fourth-order valence-electron chi connectivity index (χ4n) is 6.29. The summed E-state index contributed by atoms with van der Waals surface area (Å²) in [4.78, 5) is 24.3. The van der Waals surface area contributed by atoms with Crippen LogP contribution in [0.15, 0.2) is 61.2 Å². The second-order valence-electron chi connectivity index (χ2n) is 18.1. The quantitative estimate of drug-likeness (QED) is 0.0370. The molecule has 12 nitrogen and oxygen atoms in total. The van der Waals surface area contributed by atoms with Crippen LogP contribution in [0.3, 0.4) is 0 Å². The summed E-state index contributed by atoms with van der Waals surface area (Å²) in [7, 11) is 0. The first-order valence-electron chi connectivity index (χ1n) is 21.6. The average Bonchev–Trinajstić information content (AvgIpc) is 3.71. The maximum absolute atomic E-state index is 12.6. The topological polar surface area (TPSA) is 154 Å². The highest BCUT2D eigenvalue weighted by Gasteiger charge is 2.32. The molecule has 2 atom stereocenters. The predicted molar refractivity (Wildman–Crippen MR) is 258 cm³/mol. The summed E-state index contributed by atoms with van der Waals surface area (Å²) < 4.78 is 26.2. The van der Waals surface area contributed by atoms with Gasteiger partial charge < -0.3 is 18.9 Å². The molecule has 0 aliphatic carbocycles. The van der Waals surface area contributed by atoms with Crippen LogP contribution in [0.1, 0.15) is 141 Å². The Morgan fingerprint density at radius 1 is 0.677 bits per heavy atom. The van der Waals surface area contributed by atoms with Gasteiger partial charge in [0.1, 0.15) is 34.7 Å². The molecule has 4 rings (SSSR count). The molecule has 0 spiro atoms. The molecule has 0 amide bonds. The number of allylic oxidation sites excluding steroid dienone is 2. The van der Waals surface area contributed by atoms with E-state index < -0.39 is 24.0 Å². The van der Waals surface area contributed by atoms with Gasteiger partial charge in [-0.25, -0.2) is 4.79 Å². The molecular formula is C51H64Cl2N6O6. The molecule has 0 saturated carbocycles. The van der Waals surface area contributed by atoms with Gasteiger partial charge in [0.2, 0.25) is 12.6 Å². The minimum absolute atomic E-state index is 0.0234. The molecule has 2 unspecified atom stereocenters. The minimum Gasteiger partial charge on any atom is -0.451 e. The zero-order chi connectivity index (χ0) is 49.2. The van der Waals surface area contributed by atoms with Crippen molar-refractivity contribution in [1.82, 2.24) is 19.6 Å². The zero-order valence-corrected chi connectivity index (χ0v) is 42.1. The fraction of sp³-hybridized carbons (Fsp3) is 0.451. The largest absolute Gasteiger partial charge is 0.451 e. The third kappa shape index (κ3) is 13.4. The number of halogens is 2. The van der Waals surface area contributed by atoms with Crippen molar-refractivity contribution in [2.75, 3.05) is 0 Å². The van der Waals surface area contributed by atoms with E-state index in [9.17, 15) is 20.1 Å². The highest BCUT2D eigenvalue weighted by atomic mass is 35.5. The van der Waals surface area contributed by atoms with Gasteiger partial charge in [-0.2, -0.15) is 20.7 Å². The van der Waals surface area contributed by atoms with Crippen molar-refractivity contribution < 1.29 is 28.5 Å². The number of hydrogen-bond acceptors (Lipinski definition) is 10. The van der Waals surface area contributed by atoms with Gasteiger partial charge in [0.25, 0.3) is 0 Å². The number of carbonyl (C=O) groups is 2. The second kappa shape index (κ2) is 22.4. The van der Waals surface area contributed by atoms with E-state index in [4.69, 9.17) is 42.1 Å². The molecule has 65 heavy (non-hydrogen) atoms. The number of ether oxygens (including phenoxy) is 4. The van der Waals surface area contributed by atoms with E-state index in [-0.39, 0.29) is 39.5 Å². The second-order valence-corrected chi connectivity index (χ2v) is 18.8. The van der Waals surface area contributed by atoms with Gasteiger partial charge in [0.15, 0.2) is 11.5 Å². The standard InChI is InChI=1S/C27H36ClN3O3.C24H28ClN3O3/c1-10-27(8,9)25(32)34-18(4)33-24(23-22(28)17(3)30-31(23)11-2)21(16-29)19-12-14-20(15-13-19)26(5,6)7;1-8-20(29)30-16(4)31-23(22-21(25)15(3)27-28(22)9-2)19(14-26)17-10-12-18(13-11-17)24(5,6)7/h12-15,18H,10-11H2,1-9H3;8,10-13,16H,1,9H2,2-7H3/b24-21-;23-19-. The molecule has 348 valence electrons. The lowest BCUT2D eigenvalue weighted by atomic mass is 9.86. The number of aryl methyl sites for hydroxylation is 4. The number of carbonyl (C=O) groups excluding carboxylic acids is 2. The van der Waals surface area contributed by atoms with Crippen LogP contribution in [0.5, 0.6) is 0 Å². The van der Waals surface area contributed by atoms with Gasteiger partial charge in [-0.15, -0.1) is 0 Å². The van der Waals surface area contributed by atoms with Gasteiger partial charge >= 0.3 is 11.9 Å². The first kappa shape index (κ1) is 53.5. The SMILES string of the molecule is C=CC(=O)OC(C)O/C(=C(/C#N)c1ccc(C(C)(C)C)cc1)c1c(Cl)c(C)nn1CC.CCn1nc(C)c(Cl)c1/C(OC(C)OC(=O)C(C)(C)CC)=C(\C#N)c1ccc(C(C)(C)C)cc1. The van der Waals surface area contributed by atoms with Crippen LogP contribution in [-0.2, 0) is 52.5 Å². The first-order chi connectivity index (χ1) is 30.3. The van der Waals surface area contributed by atoms with Gasteiger partial charge in [0, 0.05) is 33.0 Å². The van der Waals surface area contributed by atoms with Gasteiger partial charge in [0.05, 0.1) is 26.8 Å². The Morgan fingerprint density at radius 2 is 1.03 bits per heavy atom. The molecule has 4 aromatic rings. The van der Waals surface area contributed by atoms with E-state index >= 15 is 0 Å². The molecule has 14 heteroatoms. The molecule has 0 N–H and O–H groups in total.